The topological polar surface area (TPSA) is 72.2 Å². The van der Waals surface area contributed by atoms with Crippen molar-refractivity contribution in [2.75, 3.05) is 19.3 Å². The maximum atomic E-state index is 11.6. The fraction of sp³-hybridized carbons (Fsp3) is 0.533. The van der Waals surface area contributed by atoms with Crippen LogP contribution in [0.1, 0.15) is 25.2 Å². The molecule has 1 saturated heterocycles. The Morgan fingerprint density at radius 2 is 2.29 bits per heavy atom. The number of nitrogens with one attached hydrogen (secondary N) is 1. The summed E-state index contributed by atoms with van der Waals surface area (Å²) in [5, 5.41) is 3.40. The molecule has 2 aromatic rings. The van der Waals surface area contributed by atoms with Gasteiger partial charge >= 0.3 is 0 Å². The van der Waals surface area contributed by atoms with E-state index in [1.54, 1.807) is 18.2 Å². The molecule has 1 atom stereocenters. The molecule has 1 aromatic carbocycles. The van der Waals surface area contributed by atoms with E-state index in [0.717, 1.165) is 25.9 Å². The van der Waals surface area contributed by atoms with Gasteiger partial charge < -0.3 is 9.73 Å². The van der Waals surface area contributed by atoms with Crippen molar-refractivity contribution in [1.82, 2.24) is 10.3 Å². The van der Waals surface area contributed by atoms with Crippen molar-refractivity contribution >= 4 is 20.9 Å². The Bertz CT molecular complexity index is 730. The molecule has 3 rings (SSSR count). The number of aromatic nitrogens is 1. The zero-order valence-electron chi connectivity index (χ0n) is 12.1. The summed E-state index contributed by atoms with van der Waals surface area (Å²) in [7, 11) is -3.20. The van der Waals surface area contributed by atoms with E-state index < -0.39 is 9.84 Å². The van der Waals surface area contributed by atoms with Gasteiger partial charge in [0.05, 0.1) is 4.90 Å². The first-order chi connectivity index (χ1) is 10.0. The van der Waals surface area contributed by atoms with Crippen molar-refractivity contribution in [3.63, 3.8) is 0 Å². The zero-order valence-corrected chi connectivity index (χ0v) is 12.9. The average molecular weight is 308 g/mol. The van der Waals surface area contributed by atoms with Crippen LogP contribution in [0.15, 0.2) is 27.5 Å². The number of nitrogens with zero attached hydrogens (tertiary/aromatic N) is 1. The molecule has 0 spiro atoms. The molecule has 1 N–H and O–H groups in total. The van der Waals surface area contributed by atoms with Gasteiger partial charge in [-0.05, 0) is 56.5 Å². The van der Waals surface area contributed by atoms with Crippen LogP contribution in [-0.2, 0) is 16.3 Å². The molecule has 1 aliphatic rings. The van der Waals surface area contributed by atoms with Gasteiger partial charge in [0.2, 0.25) is 0 Å². The molecule has 0 radical (unpaired) electrons. The van der Waals surface area contributed by atoms with Gasteiger partial charge in [-0.2, -0.15) is 0 Å². The SMILES string of the molecule is CS(=O)(=O)c1ccc2oc(CCC3CCCNC3)nc2c1. The highest BCUT2D eigenvalue weighted by Gasteiger charge is 2.15. The Balaban J connectivity index is 1.74. The Labute approximate surface area is 124 Å². The normalized spacial score (nSPS) is 20.0. The molecular weight excluding hydrogens is 288 g/mol. The van der Waals surface area contributed by atoms with Gasteiger partial charge in [-0.25, -0.2) is 13.4 Å². The second kappa shape index (κ2) is 5.77. The first kappa shape index (κ1) is 14.5. The van der Waals surface area contributed by atoms with Gasteiger partial charge in [0.15, 0.2) is 21.3 Å². The summed E-state index contributed by atoms with van der Waals surface area (Å²) in [6.07, 6.45) is 5.54. The quantitative estimate of drug-likeness (QED) is 0.937. The molecule has 114 valence electrons. The predicted molar refractivity (Wildman–Crippen MR) is 81.0 cm³/mol. The fourth-order valence-electron chi connectivity index (χ4n) is 2.79. The zero-order chi connectivity index (χ0) is 14.9. The molecule has 2 heterocycles. The van der Waals surface area contributed by atoms with Gasteiger partial charge in [0.1, 0.15) is 5.52 Å². The van der Waals surface area contributed by atoms with E-state index in [-0.39, 0.29) is 4.90 Å². The number of aryl methyl sites for hydroxylation is 1. The van der Waals surface area contributed by atoms with Crippen molar-refractivity contribution in [3.8, 4) is 0 Å². The number of piperidine rings is 1. The molecular formula is C15H20N2O3S. The van der Waals surface area contributed by atoms with Crippen molar-refractivity contribution in [2.45, 2.75) is 30.6 Å². The molecule has 1 fully saturated rings. The average Bonchev–Trinajstić information content (AvgIpc) is 2.87. The van der Waals surface area contributed by atoms with E-state index in [0.29, 0.717) is 22.9 Å². The van der Waals surface area contributed by atoms with E-state index in [9.17, 15) is 8.42 Å². The standard InChI is InChI=1S/C15H20N2O3S/c1-21(18,19)12-5-6-14-13(9-12)17-15(20-14)7-4-11-3-2-8-16-10-11/h5-6,9,11,16H,2-4,7-8,10H2,1H3. The number of hydrogen-bond acceptors (Lipinski definition) is 5. The summed E-state index contributed by atoms with van der Waals surface area (Å²) < 4.78 is 28.8. The van der Waals surface area contributed by atoms with Gasteiger partial charge in [0.25, 0.3) is 0 Å². The lowest BCUT2D eigenvalue weighted by Gasteiger charge is -2.21. The van der Waals surface area contributed by atoms with Crippen LogP contribution in [0.2, 0.25) is 0 Å². The number of oxazole rings is 1. The van der Waals surface area contributed by atoms with Crippen LogP contribution in [0.5, 0.6) is 0 Å². The minimum absolute atomic E-state index is 0.284. The number of rotatable bonds is 4. The molecule has 1 unspecified atom stereocenters. The summed E-state index contributed by atoms with van der Waals surface area (Å²) in [6, 6.07) is 4.84. The molecule has 5 nitrogen and oxygen atoms in total. The lowest BCUT2D eigenvalue weighted by molar-refractivity contribution is 0.347. The maximum absolute atomic E-state index is 11.6. The lowest BCUT2D eigenvalue weighted by atomic mass is 9.95. The third-order valence-corrected chi connectivity index (χ3v) is 5.11. The maximum Gasteiger partial charge on any atom is 0.195 e. The summed E-state index contributed by atoms with van der Waals surface area (Å²) >= 11 is 0. The molecule has 1 aliphatic heterocycles. The van der Waals surface area contributed by atoms with E-state index in [1.807, 2.05) is 0 Å². The van der Waals surface area contributed by atoms with E-state index in [1.165, 1.54) is 19.1 Å². The number of fused-ring (bicyclic) bond motifs is 1. The predicted octanol–water partition coefficient (Wildman–Crippen LogP) is 2.16. The van der Waals surface area contributed by atoms with Crippen LogP contribution in [0.4, 0.5) is 0 Å². The minimum atomic E-state index is -3.20. The van der Waals surface area contributed by atoms with Crippen LogP contribution in [-0.4, -0.2) is 32.7 Å². The second-order valence-electron chi connectivity index (χ2n) is 5.76. The fourth-order valence-corrected chi connectivity index (χ4v) is 3.43. The van der Waals surface area contributed by atoms with Crippen LogP contribution in [0.25, 0.3) is 11.1 Å². The van der Waals surface area contributed by atoms with Gasteiger partial charge in [-0.15, -0.1) is 0 Å². The Hall–Kier alpha value is -1.40. The van der Waals surface area contributed by atoms with E-state index in [2.05, 4.69) is 10.3 Å². The van der Waals surface area contributed by atoms with Gasteiger partial charge in [0, 0.05) is 12.7 Å². The number of sulfone groups is 1. The van der Waals surface area contributed by atoms with Crippen LogP contribution in [0, 0.1) is 5.92 Å². The first-order valence-electron chi connectivity index (χ1n) is 7.32. The summed E-state index contributed by atoms with van der Waals surface area (Å²) in [6.45, 7) is 2.19. The second-order valence-corrected chi connectivity index (χ2v) is 7.78. The highest BCUT2D eigenvalue weighted by molar-refractivity contribution is 7.90. The Morgan fingerprint density at radius 3 is 3.00 bits per heavy atom. The molecule has 0 aliphatic carbocycles. The van der Waals surface area contributed by atoms with Crippen LogP contribution >= 0.6 is 0 Å². The van der Waals surface area contributed by atoms with Gasteiger partial charge in [-0.3, -0.25) is 0 Å². The molecule has 0 saturated carbocycles. The van der Waals surface area contributed by atoms with Crippen molar-refractivity contribution in [2.24, 2.45) is 5.92 Å². The smallest absolute Gasteiger partial charge is 0.195 e. The molecule has 21 heavy (non-hydrogen) atoms. The van der Waals surface area contributed by atoms with E-state index in [4.69, 9.17) is 4.42 Å². The van der Waals surface area contributed by atoms with E-state index >= 15 is 0 Å². The Morgan fingerprint density at radius 1 is 1.43 bits per heavy atom. The minimum Gasteiger partial charge on any atom is -0.441 e. The number of benzene rings is 1. The highest BCUT2D eigenvalue weighted by atomic mass is 32.2. The molecule has 0 bridgehead atoms. The van der Waals surface area contributed by atoms with Crippen molar-refractivity contribution in [1.29, 1.82) is 0 Å². The third kappa shape index (κ3) is 3.44. The first-order valence-corrected chi connectivity index (χ1v) is 9.22. The Kier molecular flexibility index (Phi) is 3.99. The molecule has 1 aromatic heterocycles. The summed E-state index contributed by atoms with van der Waals surface area (Å²) in [4.78, 5) is 4.70. The molecule has 0 amide bonds. The highest BCUT2D eigenvalue weighted by Crippen LogP contribution is 2.22. The summed E-state index contributed by atoms with van der Waals surface area (Å²) in [5.74, 6) is 1.38. The van der Waals surface area contributed by atoms with Crippen molar-refractivity contribution in [3.05, 3.63) is 24.1 Å². The van der Waals surface area contributed by atoms with Crippen molar-refractivity contribution < 1.29 is 12.8 Å². The summed E-state index contributed by atoms with van der Waals surface area (Å²) in [5.41, 5.74) is 1.27. The molecule has 6 heteroatoms. The third-order valence-electron chi connectivity index (χ3n) is 4.00. The lowest BCUT2D eigenvalue weighted by Crippen LogP contribution is -2.29. The van der Waals surface area contributed by atoms with Crippen LogP contribution in [0.3, 0.4) is 0 Å². The van der Waals surface area contributed by atoms with Crippen LogP contribution < -0.4 is 5.32 Å². The van der Waals surface area contributed by atoms with Gasteiger partial charge in [-0.1, -0.05) is 0 Å². The monoisotopic (exact) mass is 308 g/mol. The largest absolute Gasteiger partial charge is 0.441 e. The number of hydrogen-bond donors (Lipinski definition) is 1.